The van der Waals surface area contributed by atoms with Gasteiger partial charge < -0.3 is 10.6 Å². The van der Waals surface area contributed by atoms with Crippen LogP contribution in [0.2, 0.25) is 0 Å². The quantitative estimate of drug-likeness (QED) is 0.728. The first-order valence-corrected chi connectivity index (χ1v) is 9.20. The minimum absolute atomic E-state index is 0.0265. The number of benzene rings is 2. The molecule has 1 aromatic heterocycles. The van der Waals surface area contributed by atoms with Gasteiger partial charge in [0.1, 0.15) is 6.54 Å². The van der Waals surface area contributed by atoms with Gasteiger partial charge in [-0.1, -0.05) is 59.8 Å². The minimum atomic E-state index is -0.0265. The number of carbonyl (C=O) groups excluding carboxylic acids is 1. The van der Waals surface area contributed by atoms with Crippen molar-refractivity contribution in [2.24, 2.45) is 5.73 Å². The fourth-order valence-electron chi connectivity index (χ4n) is 3.52. The average molecular weight is 361 g/mol. The lowest BCUT2D eigenvalue weighted by Gasteiger charge is -2.14. The van der Waals surface area contributed by atoms with Gasteiger partial charge in [-0.25, -0.2) is 4.68 Å². The molecule has 6 heteroatoms. The van der Waals surface area contributed by atoms with Crippen molar-refractivity contribution in [3.63, 3.8) is 0 Å². The van der Waals surface area contributed by atoms with Crippen LogP contribution in [0.15, 0.2) is 60.8 Å². The van der Waals surface area contributed by atoms with Gasteiger partial charge in [-0.3, -0.25) is 4.79 Å². The molecule has 1 unspecified atom stereocenters. The molecule has 1 atom stereocenters. The van der Waals surface area contributed by atoms with Crippen LogP contribution in [0.5, 0.6) is 0 Å². The predicted molar refractivity (Wildman–Crippen MR) is 103 cm³/mol. The van der Waals surface area contributed by atoms with Gasteiger partial charge in [-0.05, 0) is 23.1 Å². The second-order valence-electron chi connectivity index (χ2n) is 7.08. The zero-order valence-electron chi connectivity index (χ0n) is 15.2. The Hall–Kier alpha value is -2.99. The van der Waals surface area contributed by atoms with Crippen molar-refractivity contribution in [3.05, 3.63) is 83.2 Å². The summed E-state index contributed by atoms with van der Waals surface area (Å²) >= 11 is 0. The van der Waals surface area contributed by atoms with Gasteiger partial charge in [0.15, 0.2) is 0 Å². The first-order chi connectivity index (χ1) is 13.2. The predicted octanol–water partition coefficient (Wildman–Crippen LogP) is 1.93. The lowest BCUT2D eigenvalue weighted by atomic mass is 10.0. The Morgan fingerprint density at radius 1 is 1.00 bits per heavy atom. The molecule has 0 radical (unpaired) electrons. The van der Waals surface area contributed by atoms with Crippen LogP contribution in [0.25, 0.3) is 0 Å². The van der Waals surface area contributed by atoms with Gasteiger partial charge in [-0.15, -0.1) is 5.10 Å². The Morgan fingerprint density at radius 3 is 2.37 bits per heavy atom. The van der Waals surface area contributed by atoms with Gasteiger partial charge in [0.25, 0.3) is 0 Å². The van der Waals surface area contributed by atoms with E-state index in [4.69, 9.17) is 5.73 Å². The van der Waals surface area contributed by atoms with Crippen LogP contribution >= 0.6 is 0 Å². The summed E-state index contributed by atoms with van der Waals surface area (Å²) < 4.78 is 1.61. The topological polar surface area (TPSA) is 77.0 Å². The Kier molecular flexibility index (Phi) is 4.98. The highest BCUT2D eigenvalue weighted by Gasteiger charge is 2.23. The number of amides is 1. The molecule has 2 heterocycles. The summed E-state index contributed by atoms with van der Waals surface area (Å²) in [5, 5.41) is 8.28. The number of nitrogens with zero attached hydrogens (tertiary/aromatic N) is 4. The number of fused-ring (bicyclic) bond motifs is 1. The van der Waals surface area contributed by atoms with E-state index in [0.717, 1.165) is 12.1 Å². The molecule has 0 fully saturated rings. The van der Waals surface area contributed by atoms with Crippen LogP contribution in [0, 0.1) is 0 Å². The van der Waals surface area contributed by atoms with Gasteiger partial charge in [0.2, 0.25) is 5.91 Å². The molecule has 1 aliphatic heterocycles. The van der Waals surface area contributed by atoms with Crippen molar-refractivity contribution in [2.45, 2.75) is 38.5 Å². The molecular formula is C21H23N5O. The molecule has 0 bridgehead atoms. The number of carbonyl (C=O) groups is 1. The molecule has 0 saturated heterocycles. The second-order valence-corrected chi connectivity index (χ2v) is 7.08. The van der Waals surface area contributed by atoms with Crippen LogP contribution in [-0.4, -0.2) is 31.8 Å². The summed E-state index contributed by atoms with van der Waals surface area (Å²) in [6.07, 6.45) is 3.25. The van der Waals surface area contributed by atoms with Crippen molar-refractivity contribution < 1.29 is 4.79 Å². The zero-order chi connectivity index (χ0) is 18.6. The lowest BCUT2D eigenvalue weighted by Crippen LogP contribution is -2.29. The summed E-state index contributed by atoms with van der Waals surface area (Å²) in [5.74, 6) is 0.0521. The highest BCUT2D eigenvalue weighted by Crippen LogP contribution is 2.22. The Morgan fingerprint density at radius 2 is 1.67 bits per heavy atom. The van der Waals surface area contributed by atoms with E-state index < -0.39 is 0 Å². The van der Waals surface area contributed by atoms with E-state index >= 15 is 0 Å². The molecule has 2 aromatic carbocycles. The maximum absolute atomic E-state index is 12.6. The van der Waals surface area contributed by atoms with Gasteiger partial charge in [0, 0.05) is 31.7 Å². The highest BCUT2D eigenvalue weighted by molar-refractivity contribution is 5.76. The Bertz CT molecular complexity index is 896. The highest BCUT2D eigenvalue weighted by atomic mass is 16.2. The van der Waals surface area contributed by atoms with E-state index in [-0.39, 0.29) is 18.5 Å². The number of rotatable bonds is 6. The summed E-state index contributed by atoms with van der Waals surface area (Å²) in [7, 11) is 0. The summed E-state index contributed by atoms with van der Waals surface area (Å²) in [5.41, 5.74) is 10.7. The molecular weight excluding hydrogens is 338 g/mol. The molecule has 0 spiro atoms. The molecule has 1 aliphatic rings. The third kappa shape index (κ3) is 4.23. The SMILES string of the molecule is NC(Cc1ccccc1)Cc1cn(CC(=O)N2Cc3ccccc3C2)nn1. The van der Waals surface area contributed by atoms with Crippen molar-refractivity contribution in [3.8, 4) is 0 Å². The number of aromatic nitrogens is 3. The van der Waals surface area contributed by atoms with Crippen LogP contribution in [0.1, 0.15) is 22.4 Å². The molecule has 6 nitrogen and oxygen atoms in total. The molecule has 0 saturated carbocycles. The van der Waals surface area contributed by atoms with Crippen LogP contribution in [-0.2, 0) is 37.3 Å². The van der Waals surface area contributed by atoms with Crippen molar-refractivity contribution in [1.29, 1.82) is 0 Å². The van der Waals surface area contributed by atoms with Crippen LogP contribution in [0.3, 0.4) is 0 Å². The van der Waals surface area contributed by atoms with E-state index in [2.05, 4.69) is 34.6 Å². The molecule has 1 amide bonds. The van der Waals surface area contributed by atoms with Crippen LogP contribution in [0.4, 0.5) is 0 Å². The third-order valence-corrected chi connectivity index (χ3v) is 4.89. The smallest absolute Gasteiger partial charge is 0.244 e. The zero-order valence-corrected chi connectivity index (χ0v) is 15.2. The molecule has 2 N–H and O–H groups in total. The first kappa shape index (κ1) is 17.4. The Labute approximate surface area is 158 Å². The van der Waals surface area contributed by atoms with E-state index in [9.17, 15) is 4.79 Å². The Balaban J connectivity index is 1.31. The second kappa shape index (κ2) is 7.72. The molecule has 0 aliphatic carbocycles. The maximum Gasteiger partial charge on any atom is 0.244 e. The van der Waals surface area contributed by atoms with Crippen LogP contribution < -0.4 is 5.73 Å². The van der Waals surface area contributed by atoms with Crippen molar-refractivity contribution >= 4 is 5.91 Å². The minimum Gasteiger partial charge on any atom is -0.332 e. The van der Waals surface area contributed by atoms with Gasteiger partial charge in [-0.2, -0.15) is 0 Å². The normalized spacial score (nSPS) is 14.2. The molecule has 3 aromatic rings. The third-order valence-electron chi connectivity index (χ3n) is 4.89. The first-order valence-electron chi connectivity index (χ1n) is 9.20. The van der Waals surface area contributed by atoms with Crippen molar-refractivity contribution in [2.75, 3.05) is 0 Å². The number of nitrogens with two attached hydrogens (primary N) is 1. The van der Waals surface area contributed by atoms with E-state index in [1.54, 1.807) is 4.68 Å². The molecule has 4 rings (SSSR count). The summed E-state index contributed by atoms with van der Waals surface area (Å²) in [6.45, 7) is 1.53. The monoisotopic (exact) mass is 361 g/mol. The number of hydrogen-bond acceptors (Lipinski definition) is 4. The number of hydrogen-bond donors (Lipinski definition) is 1. The fourth-order valence-corrected chi connectivity index (χ4v) is 3.52. The van der Waals surface area contributed by atoms with E-state index in [1.165, 1.54) is 16.7 Å². The van der Waals surface area contributed by atoms with Gasteiger partial charge >= 0.3 is 0 Å². The average Bonchev–Trinajstić information content (AvgIpc) is 3.29. The molecule has 138 valence electrons. The van der Waals surface area contributed by atoms with Crippen molar-refractivity contribution in [1.82, 2.24) is 19.9 Å². The summed E-state index contributed by atoms with van der Waals surface area (Å²) in [4.78, 5) is 14.4. The molecule has 27 heavy (non-hydrogen) atoms. The lowest BCUT2D eigenvalue weighted by molar-refractivity contribution is -0.132. The van der Waals surface area contributed by atoms with E-state index in [0.29, 0.717) is 19.5 Å². The van der Waals surface area contributed by atoms with Gasteiger partial charge in [0.05, 0.1) is 5.69 Å². The fraction of sp³-hybridized carbons (Fsp3) is 0.286. The standard InChI is InChI=1S/C21H23N5O/c22-19(10-16-6-2-1-3-7-16)11-20-14-26(24-23-20)15-21(27)25-12-17-8-4-5-9-18(17)13-25/h1-9,14,19H,10-13,15,22H2. The summed E-state index contributed by atoms with van der Waals surface area (Å²) in [6, 6.07) is 18.3. The maximum atomic E-state index is 12.6. The van der Waals surface area contributed by atoms with E-state index in [1.807, 2.05) is 41.4 Å². The largest absolute Gasteiger partial charge is 0.332 e.